The first kappa shape index (κ1) is 18.6. The largest absolute Gasteiger partial charge is 0.497 e. The Bertz CT molecular complexity index is 976. The molecule has 6 nitrogen and oxygen atoms in total. The van der Waals surface area contributed by atoms with Crippen molar-refractivity contribution in [3.05, 3.63) is 53.3 Å². The molecule has 0 aliphatic rings. The number of hydrogen-bond donors (Lipinski definition) is 1. The summed E-state index contributed by atoms with van der Waals surface area (Å²) in [6.07, 6.45) is 0. The molecule has 1 N–H and O–H groups in total. The predicted octanol–water partition coefficient (Wildman–Crippen LogP) is 4.26. The molecule has 0 aliphatic carbocycles. The highest BCUT2D eigenvalue weighted by Gasteiger charge is 2.22. The number of carbonyl (C=O) groups excluding carboxylic acids is 1. The summed E-state index contributed by atoms with van der Waals surface area (Å²) in [6, 6.07) is 10.6. The molecule has 3 rings (SSSR count). The number of benzene rings is 2. The fraction of sp³-hybridized carbons (Fsp3) is 0.286. The zero-order valence-electron chi connectivity index (χ0n) is 16.1. The third kappa shape index (κ3) is 3.56. The molecule has 0 radical (unpaired) electrons. The van der Waals surface area contributed by atoms with Crippen molar-refractivity contribution in [2.45, 2.75) is 19.9 Å². The standard InChI is InChI=1S/C21H23NO5/c1-12-16-10-14(24-3)7-9-19(16)27-20(12)21(23)22-13(2)17-11-15(25-4)6-8-18(17)26-5/h6-11,13H,1-5H3,(H,22,23). The molecule has 27 heavy (non-hydrogen) atoms. The molecule has 1 amide bonds. The summed E-state index contributed by atoms with van der Waals surface area (Å²) in [4.78, 5) is 12.8. The van der Waals surface area contributed by atoms with E-state index in [0.717, 1.165) is 16.5 Å². The van der Waals surface area contributed by atoms with Crippen LogP contribution in [0.5, 0.6) is 17.2 Å². The van der Waals surface area contributed by atoms with Crippen molar-refractivity contribution in [3.8, 4) is 17.2 Å². The number of hydrogen-bond acceptors (Lipinski definition) is 5. The van der Waals surface area contributed by atoms with Crippen molar-refractivity contribution < 1.29 is 23.4 Å². The van der Waals surface area contributed by atoms with Crippen LogP contribution in [0.4, 0.5) is 0 Å². The SMILES string of the molecule is COc1ccc(OC)c(C(C)NC(=O)c2oc3ccc(OC)cc3c2C)c1. The Morgan fingerprint density at radius 2 is 1.67 bits per heavy atom. The zero-order chi connectivity index (χ0) is 19.6. The van der Waals surface area contributed by atoms with Gasteiger partial charge in [0.25, 0.3) is 5.91 Å². The number of furan rings is 1. The highest BCUT2D eigenvalue weighted by molar-refractivity contribution is 5.99. The lowest BCUT2D eigenvalue weighted by Crippen LogP contribution is -2.27. The van der Waals surface area contributed by atoms with Crippen LogP contribution in [-0.4, -0.2) is 27.2 Å². The summed E-state index contributed by atoms with van der Waals surface area (Å²) in [7, 11) is 4.80. The molecule has 0 bridgehead atoms. The highest BCUT2D eigenvalue weighted by Crippen LogP contribution is 2.31. The van der Waals surface area contributed by atoms with Gasteiger partial charge in [-0.05, 0) is 50.2 Å². The number of aryl methyl sites for hydroxylation is 1. The number of ether oxygens (including phenoxy) is 3. The van der Waals surface area contributed by atoms with E-state index in [9.17, 15) is 4.79 Å². The average molecular weight is 369 g/mol. The molecule has 0 saturated carbocycles. The van der Waals surface area contributed by atoms with Crippen LogP contribution in [0.15, 0.2) is 40.8 Å². The lowest BCUT2D eigenvalue weighted by Gasteiger charge is -2.18. The van der Waals surface area contributed by atoms with Gasteiger partial charge in [0.05, 0.1) is 27.4 Å². The van der Waals surface area contributed by atoms with Crippen molar-refractivity contribution in [2.75, 3.05) is 21.3 Å². The van der Waals surface area contributed by atoms with Crippen LogP contribution in [-0.2, 0) is 0 Å². The second-order valence-corrected chi connectivity index (χ2v) is 6.22. The van der Waals surface area contributed by atoms with Gasteiger partial charge in [0, 0.05) is 16.5 Å². The Labute approximate surface area is 158 Å². The predicted molar refractivity (Wildman–Crippen MR) is 103 cm³/mol. The van der Waals surface area contributed by atoms with Gasteiger partial charge in [0.2, 0.25) is 0 Å². The molecule has 0 fully saturated rings. The molecular weight excluding hydrogens is 346 g/mol. The summed E-state index contributed by atoms with van der Waals surface area (Å²) in [5.74, 6) is 2.08. The van der Waals surface area contributed by atoms with Crippen molar-refractivity contribution in [1.82, 2.24) is 5.32 Å². The summed E-state index contributed by atoms with van der Waals surface area (Å²) in [6.45, 7) is 3.74. The van der Waals surface area contributed by atoms with Crippen molar-refractivity contribution in [1.29, 1.82) is 0 Å². The van der Waals surface area contributed by atoms with E-state index < -0.39 is 0 Å². The van der Waals surface area contributed by atoms with Gasteiger partial charge in [0.1, 0.15) is 22.8 Å². The molecule has 3 aromatic rings. The fourth-order valence-electron chi connectivity index (χ4n) is 3.06. The van der Waals surface area contributed by atoms with Crippen LogP contribution in [0.2, 0.25) is 0 Å². The van der Waals surface area contributed by atoms with Crippen LogP contribution < -0.4 is 19.5 Å². The van der Waals surface area contributed by atoms with E-state index in [2.05, 4.69) is 5.32 Å². The number of rotatable bonds is 6. The summed E-state index contributed by atoms with van der Waals surface area (Å²) >= 11 is 0. The maximum Gasteiger partial charge on any atom is 0.287 e. The quantitative estimate of drug-likeness (QED) is 0.703. The first-order chi connectivity index (χ1) is 13.0. The van der Waals surface area contributed by atoms with E-state index >= 15 is 0 Å². The summed E-state index contributed by atoms with van der Waals surface area (Å²) < 4.78 is 21.7. The molecule has 1 aromatic heterocycles. The lowest BCUT2D eigenvalue weighted by molar-refractivity contribution is 0.0912. The van der Waals surface area contributed by atoms with E-state index in [1.54, 1.807) is 33.5 Å². The van der Waals surface area contributed by atoms with E-state index in [4.69, 9.17) is 18.6 Å². The third-order valence-electron chi connectivity index (χ3n) is 4.60. The number of nitrogens with one attached hydrogen (secondary N) is 1. The molecule has 0 aliphatic heterocycles. The Morgan fingerprint density at radius 3 is 2.33 bits per heavy atom. The van der Waals surface area contributed by atoms with Gasteiger partial charge in [-0.2, -0.15) is 0 Å². The first-order valence-corrected chi connectivity index (χ1v) is 8.58. The number of amides is 1. The fourth-order valence-corrected chi connectivity index (χ4v) is 3.06. The Kier molecular flexibility index (Phi) is 5.26. The molecule has 142 valence electrons. The van der Waals surface area contributed by atoms with Crippen molar-refractivity contribution >= 4 is 16.9 Å². The lowest BCUT2D eigenvalue weighted by atomic mass is 10.1. The minimum absolute atomic E-state index is 0.284. The summed E-state index contributed by atoms with van der Waals surface area (Å²) in [5.41, 5.74) is 2.23. The van der Waals surface area contributed by atoms with Gasteiger partial charge in [-0.15, -0.1) is 0 Å². The molecule has 0 saturated heterocycles. The van der Waals surface area contributed by atoms with Gasteiger partial charge >= 0.3 is 0 Å². The van der Waals surface area contributed by atoms with Crippen LogP contribution in [0.3, 0.4) is 0 Å². The highest BCUT2D eigenvalue weighted by atomic mass is 16.5. The minimum Gasteiger partial charge on any atom is -0.497 e. The monoisotopic (exact) mass is 369 g/mol. The maximum absolute atomic E-state index is 12.8. The third-order valence-corrected chi connectivity index (χ3v) is 4.60. The maximum atomic E-state index is 12.8. The van der Waals surface area contributed by atoms with Crippen LogP contribution in [0.1, 0.15) is 34.6 Å². The van der Waals surface area contributed by atoms with E-state index in [0.29, 0.717) is 22.8 Å². The van der Waals surface area contributed by atoms with Crippen LogP contribution >= 0.6 is 0 Å². The van der Waals surface area contributed by atoms with Crippen molar-refractivity contribution in [2.24, 2.45) is 0 Å². The number of methoxy groups -OCH3 is 3. The molecule has 6 heteroatoms. The average Bonchev–Trinajstić information content (AvgIpc) is 3.03. The number of fused-ring (bicyclic) bond motifs is 1. The van der Waals surface area contributed by atoms with Gasteiger partial charge in [0.15, 0.2) is 5.76 Å². The van der Waals surface area contributed by atoms with Crippen LogP contribution in [0, 0.1) is 6.92 Å². The Morgan fingerprint density at radius 1 is 1.00 bits per heavy atom. The topological polar surface area (TPSA) is 69.9 Å². The smallest absolute Gasteiger partial charge is 0.287 e. The van der Waals surface area contributed by atoms with Crippen LogP contribution in [0.25, 0.3) is 11.0 Å². The number of carbonyl (C=O) groups is 1. The van der Waals surface area contributed by atoms with E-state index in [1.807, 2.05) is 38.1 Å². The van der Waals surface area contributed by atoms with E-state index in [1.165, 1.54) is 0 Å². The zero-order valence-corrected chi connectivity index (χ0v) is 16.1. The molecular formula is C21H23NO5. The van der Waals surface area contributed by atoms with E-state index in [-0.39, 0.29) is 17.7 Å². The molecule has 1 unspecified atom stereocenters. The second-order valence-electron chi connectivity index (χ2n) is 6.22. The minimum atomic E-state index is -0.301. The summed E-state index contributed by atoms with van der Waals surface area (Å²) in [5, 5.41) is 3.82. The Balaban J connectivity index is 1.89. The molecule has 2 aromatic carbocycles. The normalized spacial score (nSPS) is 11.9. The second kappa shape index (κ2) is 7.61. The molecule has 1 heterocycles. The van der Waals surface area contributed by atoms with Crippen molar-refractivity contribution in [3.63, 3.8) is 0 Å². The first-order valence-electron chi connectivity index (χ1n) is 8.58. The van der Waals surface area contributed by atoms with Gasteiger partial charge in [-0.1, -0.05) is 0 Å². The molecule has 0 spiro atoms. The van der Waals surface area contributed by atoms with Gasteiger partial charge in [-0.25, -0.2) is 0 Å². The Hall–Kier alpha value is -3.15. The van der Waals surface area contributed by atoms with Gasteiger partial charge < -0.3 is 23.9 Å². The van der Waals surface area contributed by atoms with Gasteiger partial charge in [-0.3, -0.25) is 4.79 Å². The molecule has 1 atom stereocenters.